The standard InChI is InChI=1S/C10H13ClN2O5S2/c1-6-9(19-10(11)12-6)20(15,16)13-3-4-18-7(5-13)8(14)17-2/h7H,3-5H2,1-2H3. The zero-order valence-electron chi connectivity index (χ0n) is 10.8. The van der Waals surface area contributed by atoms with Crippen LogP contribution < -0.4 is 0 Å². The molecule has 2 rings (SSSR count). The maximum Gasteiger partial charge on any atom is 0.336 e. The highest BCUT2D eigenvalue weighted by molar-refractivity contribution is 7.91. The van der Waals surface area contributed by atoms with Crippen molar-refractivity contribution in [3.8, 4) is 0 Å². The summed E-state index contributed by atoms with van der Waals surface area (Å²) in [5.74, 6) is -0.594. The van der Waals surface area contributed by atoms with Gasteiger partial charge >= 0.3 is 5.97 Å². The van der Waals surface area contributed by atoms with Crippen molar-refractivity contribution in [3.63, 3.8) is 0 Å². The van der Waals surface area contributed by atoms with Crippen LogP contribution in [0, 0.1) is 6.92 Å². The lowest BCUT2D eigenvalue weighted by atomic mass is 10.3. The summed E-state index contributed by atoms with van der Waals surface area (Å²) in [5.41, 5.74) is 0.348. The first-order valence-corrected chi connectivity index (χ1v) is 8.32. The highest BCUT2D eigenvalue weighted by Gasteiger charge is 2.36. The van der Waals surface area contributed by atoms with E-state index in [0.717, 1.165) is 11.3 Å². The van der Waals surface area contributed by atoms with Crippen molar-refractivity contribution in [1.82, 2.24) is 9.29 Å². The molecule has 1 aliphatic heterocycles. The summed E-state index contributed by atoms with van der Waals surface area (Å²) >= 11 is 6.64. The van der Waals surface area contributed by atoms with E-state index in [2.05, 4.69) is 9.72 Å². The molecule has 0 saturated carbocycles. The summed E-state index contributed by atoms with van der Waals surface area (Å²) in [6.45, 7) is 1.80. The van der Waals surface area contributed by atoms with Gasteiger partial charge in [-0.15, -0.1) is 0 Å². The number of hydrogen-bond donors (Lipinski definition) is 0. The topological polar surface area (TPSA) is 85.8 Å². The van der Waals surface area contributed by atoms with E-state index in [1.165, 1.54) is 11.4 Å². The van der Waals surface area contributed by atoms with Gasteiger partial charge in [0.15, 0.2) is 14.8 Å². The molecule has 20 heavy (non-hydrogen) atoms. The number of sulfonamides is 1. The first-order valence-electron chi connectivity index (χ1n) is 5.68. The maximum atomic E-state index is 12.5. The lowest BCUT2D eigenvalue weighted by Gasteiger charge is -2.30. The Morgan fingerprint density at radius 2 is 2.30 bits per heavy atom. The molecule has 0 N–H and O–H groups in total. The Morgan fingerprint density at radius 1 is 1.60 bits per heavy atom. The third-order valence-electron chi connectivity index (χ3n) is 2.80. The highest BCUT2D eigenvalue weighted by atomic mass is 35.5. The second-order valence-electron chi connectivity index (χ2n) is 4.09. The van der Waals surface area contributed by atoms with E-state index in [1.54, 1.807) is 6.92 Å². The third kappa shape index (κ3) is 2.96. The van der Waals surface area contributed by atoms with Crippen molar-refractivity contribution < 1.29 is 22.7 Å². The van der Waals surface area contributed by atoms with Crippen LogP contribution in [0.4, 0.5) is 0 Å². The van der Waals surface area contributed by atoms with E-state index in [9.17, 15) is 13.2 Å². The van der Waals surface area contributed by atoms with Gasteiger partial charge in [-0.25, -0.2) is 18.2 Å². The van der Waals surface area contributed by atoms with Gasteiger partial charge in [0.25, 0.3) is 10.0 Å². The Morgan fingerprint density at radius 3 is 2.85 bits per heavy atom. The van der Waals surface area contributed by atoms with E-state index in [-0.39, 0.29) is 28.4 Å². The molecule has 1 aliphatic rings. The fourth-order valence-corrected chi connectivity index (χ4v) is 5.12. The molecule has 1 atom stereocenters. The number of rotatable bonds is 3. The molecule has 1 saturated heterocycles. The summed E-state index contributed by atoms with van der Waals surface area (Å²) < 4.78 is 36.2. The molecule has 1 aromatic heterocycles. The molecular weight excluding hydrogens is 328 g/mol. The van der Waals surface area contributed by atoms with E-state index < -0.39 is 22.1 Å². The van der Waals surface area contributed by atoms with Crippen LogP contribution in [-0.4, -0.2) is 56.6 Å². The molecule has 1 aromatic rings. The fraction of sp³-hybridized carbons (Fsp3) is 0.600. The second-order valence-corrected chi connectivity index (χ2v) is 7.80. The van der Waals surface area contributed by atoms with Crippen LogP contribution >= 0.6 is 22.9 Å². The van der Waals surface area contributed by atoms with Gasteiger partial charge in [0.05, 0.1) is 26.0 Å². The minimum atomic E-state index is -3.73. The van der Waals surface area contributed by atoms with Crippen LogP contribution in [0.15, 0.2) is 4.21 Å². The average molecular weight is 341 g/mol. The van der Waals surface area contributed by atoms with Crippen LogP contribution in [0.25, 0.3) is 0 Å². The fourth-order valence-electron chi connectivity index (χ4n) is 1.83. The summed E-state index contributed by atoms with van der Waals surface area (Å²) in [4.78, 5) is 15.3. The first-order chi connectivity index (χ1) is 9.36. The number of carbonyl (C=O) groups is 1. The van der Waals surface area contributed by atoms with Gasteiger partial charge in [0, 0.05) is 6.54 Å². The number of thiazole rings is 1. The van der Waals surface area contributed by atoms with E-state index in [0.29, 0.717) is 5.69 Å². The number of aromatic nitrogens is 1. The Hall–Kier alpha value is -0.740. The summed E-state index contributed by atoms with van der Waals surface area (Å²) in [6, 6.07) is 0. The van der Waals surface area contributed by atoms with Crippen molar-refractivity contribution in [1.29, 1.82) is 0 Å². The number of nitrogens with zero attached hydrogens (tertiary/aromatic N) is 2. The van der Waals surface area contributed by atoms with Gasteiger partial charge in [-0.1, -0.05) is 22.9 Å². The molecule has 112 valence electrons. The number of methoxy groups -OCH3 is 1. The predicted octanol–water partition coefficient (Wildman–Crippen LogP) is 0.667. The van der Waals surface area contributed by atoms with Gasteiger partial charge in [-0.3, -0.25) is 0 Å². The molecule has 0 radical (unpaired) electrons. The number of carbonyl (C=O) groups excluding carboxylic acids is 1. The molecule has 7 nitrogen and oxygen atoms in total. The zero-order chi connectivity index (χ0) is 14.9. The molecule has 0 spiro atoms. The van der Waals surface area contributed by atoms with Gasteiger partial charge in [-0.2, -0.15) is 4.31 Å². The largest absolute Gasteiger partial charge is 0.467 e. The van der Waals surface area contributed by atoms with Crippen molar-refractivity contribution in [2.45, 2.75) is 17.2 Å². The lowest BCUT2D eigenvalue weighted by Crippen LogP contribution is -2.48. The molecule has 1 fully saturated rings. The maximum absolute atomic E-state index is 12.5. The van der Waals surface area contributed by atoms with Crippen molar-refractivity contribution in [2.75, 3.05) is 26.8 Å². The first kappa shape index (κ1) is 15.6. The molecule has 2 heterocycles. The minimum Gasteiger partial charge on any atom is -0.467 e. The monoisotopic (exact) mass is 340 g/mol. The molecular formula is C10H13ClN2O5S2. The molecule has 10 heteroatoms. The number of halogens is 1. The quantitative estimate of drug-likeness (QED) is 0.752. The second kappa shape index (κ2) is 5.94. The number of morpholine rings is 1. The molecule has 0 aromatic carbocycles. The van der Waals surface area contributed by atoms with Crippen molar-refractivity contribution >= 4 is 38.9 Å². The smallest absolute Gasteiger partial charge is 0.336 e. The Bertz CT molecular complexity index is 615. The third-order valence-corrected chi connectivity index (χ3v) is 6.51. The number of aryl methyl sites for hydroxylation is 1. The van der Waals surface area contributed by atoms with Gasteiger partial charge in [0.1, 0.15) is 0 Å². The number of hydrogen-bond acceptors (Lipinski definition) is 7. The Balaban J connectivity index is 2.26. The number of esters is 1. The van der Waals surface area contributed by atoms with Crippen LogP contribution in [0.2, 0.25) is 4.47 Å². The molecule has 0 aliphatic carbocycles. The number of ether oxygens (including phenoxy) is 2. The Labute approximate surface area is 125 Å². The molecule has 0 bridgehead atoms. The predicted molar refractivity (Wildman–Crippen MR) is 72.4 cm³/mol. The normalized spacial score (nSPS) is 20.9. The van der Waals surface area contributed by atoms with Crippen LogP contribution in [0.1, 0.15) is 5.69 Å². The van der Waals surface area contributed by atoms with Gasteiger partial charge in [0.2, 0.25) is 0 Å². The van der Waals surface area contributed by atoms with E-state index in [4.69, 9.17) is 16.3 Å². The van der Waals surface area contributed by atoms with E-state index >= 15 is 0 Å². The summed E-state index contributed by atoms with van der Waals surface area (Å²) in [6.07, 6.45) is -0.910. The van der Waals surface area contributed by atoms with Crippen LogP contribution in [0.3, 0.4) is 0 Å². The van der Waals surface area contributed by atoms with Gasteiger partial charge in [-0.05, 0) is 6.92 Å². The Kier molecular flexibility index (Phi) is 4.65. The van der Waals surface area contributed by atoms with Gasteiger partial charge < -0.3 is 9.47 Å². The van der Waals surface area contributed by atoms with E-state index in [1.807, 2.05) is 0 Å². The minimum absolute atomic E-state index is 0.0794. The summed E-state index contributed by atoms with van der Waals surface area (Å²) in [5, 5.41) is 0. The summed E-state index contributed by atoms with van der Waals surface area (Å²) in [7, 11) is -2.50. The zero-order valence-corrected chi connectivity index (χ0v) is 13.2. The molecule has 1 unspecified atom stereocenters. The highest BCUT2D eigenvalue weighted by Crippen LogP contribution is 2.30. The average Bonchev–Trinajstić information content (AvgIpc) is 2.77. The van der Waals surface area contributed by atoms with Crippen LogP contribution in [0.5, 0.6) is 0 Å². The van der Waals surface area contributed by atoms with Crippen molar-refractivity contribution in [3.05, 3.63) is 10.2 Å². The SMILES string of the molecule is COC(=O)C1CN(S(=O)(=O)c2sc(Cl)nc2C)CCO1. The lowest BCUT2D eigenvalue weighted by molar-refractivity contribution is -0.157. The molecule has 0 amide bonds. The van der Waals surface area contributed by atoms with Crippen molar-refractivity contribution in [2.24, 2.45) is 0 Å². The van der Waals surface area contributed by atoms with Crippen LogP contribution in [-0.2, 0) is 24.3 Å².